The Labute approximate surface area is 312 Å². The fraction of sp³-hybridized carbons (Fsp3) is 0.262. The van der Waals surface area contributed by atoms with Gasteiger partial charge in [-0.05, 0) is 53.4 Å². The first-order chi connectivity index (χ1) is 26.1. The van der Waals surface area contributed by atoms with Crippen molar-refractivity contribution >= 4 is 17.8 Å². The van der Waals surface area contributed by atoms with Gasteiger partial charge in [0, 0.05) is 35.5 Å². The fourth-order valence-corrected chi connectivity index (χ4v) is 5.76. The van der Waals surface area contributed by atoms with Crippen molar-refractivity contribution in [3.05, 3.63) is 132 Å². The number of aliphatic hydroxyl groups excluding tert-OH is 1. The Hall–Kier alpha value is -6.14. The summed E-state index contributed by atoms with van der Waals surface area (Å²) in [6.07, 6.45) is 7.64. The fourth-order valence-electron chi connectivity index (χ4n) is 5.76. The molecule has 3 atom stereocenters. The van der Waals surface area contributed by atoms with Gasteiger partial charge in [0.1, 0.15) is 17.9 Å². The van der Waals surface area contributed by atoms with Crippen LogP contribution in [0.4, 0.5) is 4.39 Å². The molecule has 0 aliphatic rings. The maximum absolute atomic E-state index is 14.1. The zero-order chi connectivity index (χ0) is 38.5. The van der Waals surface area contributed by atoms with Gasteiger partial charge in [0.25, 0.3) is 5.91 Å². The number of halogens is 1. The number of aromatic nitrogens is 2. The number of aromatic hydroxyl groups is 1. The van der Waals surface area contributed by atoms with Crippen molar-refractivity contribution in [3.63, 3.8) is 0 Å². The molecule has 1 heterocycles. The molecule has 2 unspecified atom stereocenters. The van der Waals surface area contributed by atoms with E-state index in [0.29, 0.717) is 23.6 Å². The molecule has 0 saturated carbocycles. The first-order valence-electron chi connectivity index (χ1n) is 17.8. The Bertz CT molecular complexity index is 1990. The smallest absolute Gasteiger partial charge is 0.329 e. The molecule has 280 valence electrons. The maximum Gasteiger partial charge on any atom is 0.329 e. The average Bonchev–Trinajstić information content (AvgIpc) is 3.19. The van der Waals surface area contributed by atoms with Gasteiger partial charge in [-0.25, -0.2) is 19.2 Å². The van der Waals surface area contributed by atoms with Crippen molar-refractivity contribution in [2.45, 2.75) is 63.6 Å². The van der Waals surface area contributed by atoms with E-state index in [9.17, 15) is 34.1 Å². The third kappa shape index (κ3) is 10.7. The molecule has 0 aliphatic carbocycles. The first kappa shape index (κ1) is 39.1. The minimum atomic E-state index is -1.75. The second-order valence-corrected chi connectivity index (χ2v) is 12.9. The van der Waals surface area contributed by atoms with Gasteiger partial charge in [-0.3, -0.25) is 9.59 Å². The van der Waals surface area contributed by atoms with Crippen LogP contribution in [0.1, 0.15) is 66.6 Å². The minimum absolute atomic E-state index is 0.0927. The number of phenols is 1. The number of hydrogen-bond donors (Lipinski definition) is 5. The van der Waals surface area contributed by atoms with Gasteiger partial charge < -0.3 is 30.7 Å². The molecule has 1 aromatic heterocycles. The summed E-state index contributed by atoms with van der Waals surface area (Å²) in [7, 11) is 0. The van der Waals surface area contributed by atoms with Gasteiger partial charge in [-0.1, -0.05) is 99.3 Å². The summed E-state index contributed by atoms with van der Waals surface area (Å²) in [5.41, 5.74) is 3.14. The van der Waals surface area contributed by atoms with Crippen LogP contribution in [-0.2, 0) is 16.0 Å². The summed E-state index contributed by atoms with van der Waals surface area (Å²) in [4.78, 5) is 48.0. The van der Waals surface area contributed by atoms with E-state index in [2.05, 4.69) is 27.5 Å². The van der Waals surface area contributed by atoms with E-state index < -0.39 is 47.5 Å². The second kappa shape index (κ2) is 19.1. The molecule has 2 amide bonds. The number of ether oxygens (including phenoxy) is 1. The highest BCUT2D eigenvalue weighted by atomic mass is 19.1. The summed E-state index contributed by atoms with van der Waals surface area (Å²) >= 11 is 0. The molecular formula is C42H43FN4O7. The highest BCUT2D eigenvalue weighted by molar-refractivity contribution is 5.98. The van der Waals surface area contributed by atoms with Gasteiger partial charge in [0.05, 0.1) is 6.61 Å². The molecule has 4 aromatic carbocycles. The molecule has 12 heteroatoms. The van der Waals surface area contributed by atoms with Crippen LogP contribution in [0, 0.1) is 5.82 Å². The van der Waals surface area contributed by atoms with Crippen molar-refractivity contribution in [1.29, 1.82) is 0 Å². The lowest BCUT2D eigenvalue weighted by Gasteiger charge is -2.25. The monoisotopic (exact) mass is 734 g/mol. The molecule has 5 N–H and O–H groups in total. The standard InChI is InChI=1S/C42H43FN4O7/c1-2-3-4-5-9-22-54-33-19-16-28(17-20-33)32-25-44-39(45-26-32)30-14-12-27(13-15-30)23-35(46-40(50)31-18-21-36(48)34(43)24-31)41(51)47-37(42(52)53)38(49)29-10-7-6-8-11-29/h6-8,10-21,24-26,35,37-38,48-49H,2-5,9,22-23H2,1H3,(H,46,50)(H,47,51)(H,52,53)/t35-,37?,38?/m0/s1. The zero-order valence-corrected chi connectivity index (χ0v) is 29.8. The quantitative estimate of drug-likeness (QED) is 0.0619. The number of hydrogen-bond acceptors (Lipinski definition) is 8. The lowest BCUT2D eigenvalue weighted by atomic mass is 10.00. The lowest BCUT2D eigenvalue weighted by Crippen LogP contribution is -2.54. The van der Waals surface area contributed by atoms with Gasteiger partial charge in [-0.15, -0.1) is 0 Å². The van der Waals surface area contributed by atoms with Crippen molar-refractivity contribution in [1.82, 2.24) is 20.6 Å². The summed E-state index contributed by atoms with van der Waals surface area (Å²) in [6.45, 7) is 2.88. The number of nitrogens with zero attached hydrogens (tertiary/aromatic N) is 2. The van der Waals surface area contributed by atoms with Gasteiger partial charge in [0.2, 0.25) is 5.91 Å². The van der Waals surface area contributed by atoms with Crippen molar-refractivity contribution < 1.29 is 38.8 Å². The van der Waals surface area contributed by atoms with Crippen LogP contribution in [0.2, 0.25) is 0 Å². The number of carboxylic acid groups (broad SMARTS) is 1. The van der Waals surface area contributed by atoms with Crippen molar-refractivity contribution in [2.75, 3.05) is 6.61 Å². The molecule has 0 fully saturated rings. The first-order valence-corrected chi connectivity index (χ1v) is 17.8. The van der Waals surface area contributed by atoms with E-state index in [0.717, 1.165) is 41.9 Å². The van der Waals surface area contributed by atoms with Crippen LogP contribution in [0.25, 0.3) is 22.5 Å². The predicted molar refractivity (Wildman–Crippen MR) is 201 cm³/mol. The summed E-state index contributed by atoms with van der Waals surface area (Å²) < 4.78 is 19.9. The van der Waals surface area contributed by atoms with Crippen LogP contribution in [0.15, 0.2) is 109 Å². The van der Waals surface area contributed by atoms with Crippen LogP contribution in [0.3, 0.4) is 0 Å². The van der Waals surface area contributed by atoms with E-state index in [-0.39, 0.29) is 17.5 Å². The largest absolute Gasteiger partial charge is 0.505 e. The number of carbonyl (C=O) groups excluding carboxylic acids is 2. The van der Waals surface area contributed by atoms with Gasteiger partial charge in [-0.2, -0.15) is 0 Å². The van der Waals surface area contributed by atoms with Crippen LogP contribution < -0.4 is 15.4 Å². The number of nitrogens with one attached hydrogen (secondary N) is 2. The third-order valence-corrected chi connectivity index (χ3v) is 8.86. The molecule has 0 saturated heterocycles. The highest BCUT2D eigenvalue weighted by Crippen LogP contribution is 2.24. The summed E-state index contributed by atoms with van der Waals surface area (Å²) in [5, 5.41) is 35.1. The average molecular weight is 735 g/mol. The van der Waals surface area contributed by atoms with Gasteiger partial charge in [0.15, 0.2) is 23.4 Å². The second-order valence-electron chi connectivity index (χ2n) is 12.9. The van der Waals surface area contributed by atoms with Crippen LogP contribution in [0.5, 0.6) is 11.5 Å². The maximum atomic E-state index is 14.1. The minimum Gasteiger partial charge on any atom is -0.505 e. The van der Waals surface area contributed by atoms with Crippen molar-refractivity contribution in [2.24, 2.45) is 0 Å². The summed E-state index contributed by atoms with van der Waals surface area (Å²) in [5.74, 6) is -3.63. The van der Waals surface area contributed by atoms with E-state index >= 15 is 0 Å². The number of benzene rings is 4. The molecule has 0 radical (unpaired) electrons. The molecular weight excluding hydrogens is 691 g/mol. The molecule has 11 nitrogen and oxygen atoms in total. The topological polar surface area (TPSA) is 171 Å². The number of phenolic OH excluding ortho intramolecular Hbond substituents is 1. The number of carboxylic acids is 1. The molecule has 0 aliphatic heterocycles. The SMILES string of the molecule is CCCCCCCOc1ccc(-c2cnc(-c3ccc(C[C@H](NC(=O)c4ccc(O)c(F)c4)C(=O)NC(C(=O)O)C(O)c4ccccc4)cc3)nc2)cc1. The number of unbranched alkanes of at least 4 members (excludes halogenated alkanes) is 4. The number of amides is 2. The molecule has 0 bridgehead atoms. The Morgan fingerprint density at radius 3 is 2.11 bits per heavy atom. The third-order valence-electron chi connectivity index (χ3n) is 8.86. The normalized spacial score (nSPS) is 12.6. The number of aliphatic carboxylic acids is 1. The molecule has 5 aromatic rings. The van der Waals surface area contributed by atoms with E-state index in [4.69, 9.17) is 4.74 Å². The number of rotatable bonds is 18. The number of carbonyl (C=O) groups is 3. The van der Waals surface area contributed by atoms with Crippen molar-refractivity contribution in [3.8, 4) is 34.0 Å². The van der Waals surface area contributed by atoms with E-state index in [1.807, 2.05) is 24.3 Å². The molecule has 54 heavy (non-hydrogen) atoms. The molecule has 0 spiro atoms. The Morgan fingerprint density at radius 2 is 1.46 bits per heavy atom. The molecule has 5 rings (SSSR count). The van der Waals surface area contributed by atoms with E-state index in [1.165, 1.54) is 37.5 Å². The van der Waals surface area contributed by atoms with Crippen LogP contribution >= 0.6 is 0 Å². The Balaban J connectivity index is 1.27. The predicted octanol–water partition coefficient (Wildman–Crippen LogP) is 6.65. The number of aliphatic hydroxyl groups is 1. The Morgan fingerprint density at radius 1 is 0.796 bits per heavy atom. The summed E-state index contributed by atoms with van der Waals surface area (Å²) in [6, 6.07) is 22.6. The Kier molecular flexibility index (Phi) is 13.8. The lowest BCUT2D eigenvalue weighted by molar-refractivity contribution is -0.145. The van der Waals surface area contributed by atoms with E-state index in [1.54, 1.807) is 54.9 Å². The zero-order valence-electron chi connectivity index (χ0n) is 29.8. The highest BCUT2D eigenvalue weighted by Gasteiger charge is 2.33. The van der Waals surface area contributed by atoms with Gasteiger partial charge >= 0.3 is 5.97 Å². The van der Waals surface area contributed by atoms with Crippen LogP contribution in [-0.4, -0.2) is 61.8 Å².